The van der Waals surface area contributed by atoms with Gasteiger partial charge in [0.2, 0.25) is 5.91 Å². The third kappa shape index (κ3) is 3.08. The highest BCUT2D eigenvalue weighted by molar-refractivity contribution is 5.80. The predicted octanol–water partition coefficient (Wildman–Crippen LogP) is 1.80. The molecular formula is C16H21N3O2. The topological polar surface area (TPSA) is 56.2 Å². The summed E-state index contributed by atoms with van der Waals surface area (Å²) in [6.45, 7) is 1.37. The minimum absolute atomic E-state index is 0.0255. The molecule has 1 aromatic carbocycles. The molecule has 5 heteroatoms. The monoisotopic (exact) mass is 287 g/mol. The number of amides is 1. The number of nitrogens with one attached hydrogen (secondary N) is 1. The molecule has 1 aromatic heterocycles. The van der Waals surface area contributed by atoms with Crippen molar-refractivity contribution in [2.75, 3.05) is 13.2 Å². The molecule has 1 fully saturated rings. The number of rotatable bonds is 5. The van der Waals surface area contributed by atoms with Crippen LogP contribution in [-0.2, 0) is 23.0 Å². The fraction of sp³-hybridized carbons (Fsp3) is 0.500. The van der Waals surface area contributed by atoms with Crippen molar-refractivity contribution >= 4 is 16.9 Å². The first kappa shape index (κ1) is 14.1. The zero-order valence-electron chi connectivity index (χ0n) is 12.3. The number of ether oxygens (including phenoxy) is 1. The molecule has 0 spiro atoms. The molecule has 0 radical (unpaired) electrons. The molecule has 0 saturated carbocycles. The zero-order valence-corrected chi connectivity index (χ0v) is 12.3. The van der Waals surface area contributed by atoms with Crippen LogP contribution in [0.1, 0.15) is 25.1 Å². The summed E-state index contributed by atoms with van der Waals surface area (Å²) in [4.78, 5) is 16.4. The lowest BCUT2D eigenvalue weighted by molar-refractivity contribution is -0.130. The Kier molecular flexibility index (Phi) is 4.20. The van der Waals surface area contributed by atoms with Gasteiger partial charge in [-0.25, -0.2) is 4.98 Å². The zero-order chi connectivity index (χ0) is 14.7. The van der Waals surface area contributed by atoms with E-state index in [-0.39, 0.29) is 12.0 Å². The van der Waals surface area contributed by atoms with E-state index in [9.17, 15) is 4.79 Å². The molecule has 21 heavy (non-hydrogen) atoms. The fourth-order valence-corrected chi connectivity index (χ4v) is 2.78. The predicted molar refractivity (Wildman–Crippen MR) is 81.0 cm³/mol. The number of carbonyl (C=O) groups excluding carboxylic acids is 1. The number of nitrogens with zero attached hydrogens (tertiary/aromatic N) is 2. The summed E-state index contributed by atoms with van der Waals surface area (Å²) in [6, 6.07) is 8.12. The number of hydrogen-bond donors (Lipinski definition) is 1. The van der Waals surface area contributed by atoms with Crippen LogP contribution < -0.4 is 5.32 Å². The Morgan fingerprint density at radius 3 is 3.10 bits per heavy atom. The molecule has 3 rings (SSSR count). The van der Waals surface area contributed by atoms with Gasteiger partial charge in [0, 0.05) is 26.6 Å². The minimum Gasteiger partial charge on any atom is -0.368 e. The first-order valence-electron chi connectivity index (χ1n) is 7.55. The maximum atomic E-state index is 11.8. The second-order valence-electron chi connectivity index (χ2n) is 5.47. The summed E-state index contributed by atoms with van der Waals surface area (Å²) in [5, 5.41) is 2.95. The van der Waals surface area contributed by atoms with Crippen molar-refractivity contribution in [3.63, 3.8) is 0 Å². The van der Waals surface area contributed by atoms with E-state index in [1.165, 1.54) is 0 Å². The van der Waals surface area contributed by atoms with Gasteiger partial charge < -0.3 is 14.6 Å². The molecule has 1 aliphatic heterocycles. The maximum absolute atomic E-state index is 11.8. The Balaban J connectivity index is 1.50. The third-order valence-corrected chi connectivity index (χ3v) is 3.98. The largest absolute Gasteiger partial charge is 0.368 e. The average Bonchev–Trinajstić information content (AvgIpc) is 3.13. The summed E-state index contributed by atoms with van der Waals surface area (Å²) in [7, 11) is 2.04. The van der Waals surface area contributed by atoms with Crippen molar-refractivity contribution in [2.45, 2.75) is 31.8 Å². The number of para-hydroxylation sites is 2. The molecule has 2 aromatic rings. The minimum atomic E-state index is -0.235. The molecule has 1 saturated heterocycles. The number of imidazole rings is 1. The van der Waals surface area contributed by atoms with E-state index >= 15 is 0 Å². The average molecular weight is 287 g/mol. The Bertz CT molecular complexity index is 629. The van der Waals surface area contributed by atoms with Crippen molar-refractivity contribution in [3.8, 4) is 0 Å². The van der Waals surface area contributed by atoms with E-state index in [2.05, 4.69) is 20.9 Å². The molecule has 112 valence electrons. The van der Waals surface area contributed by atoms with Gasteiger partial charge >= 0.3 is 0 Å². The van der Waals surface area contributed by atoms with Crippen LogP contribution in [0.15, 0.2) is 24.3 Å². The molecule has 1 atom stereocenters. The SMILES string of the molecule is Cn1c(CCCNC(=O)C2CCCO2)nc2ccccc21. The Morgan fingerprint density at radius 1 is 1.48 bits per heavy atom. The van der Waals surface area contributed by atoms with Crippen LogP contribution in [0.2, 0.25) is 0 Å². The van der Waals surface area contributed by atoms with Gasteiger partial charge in [0.25, 0.3) is 0 Å². The second kappa shape index (κ2) is 6.26. The highest BCUT2D eigenvalue weighted by Gasteiger charge is 2.22. The molecule has 1 aliphatic rings. The maximum Gasteiger partial charge on any atom is 0.249 e. The van der Waals surface area contributed by atoms with Gasteiger partial charge in [-0.15, -0.1) is 0 Å². The lowest BCUT2D eigenvalue weighted by Crippen LogP contribution is -2.34. The summed E-state index contributed by atoms with van der Waals surface area (Å²) in [5.74, 6) is 1.08. The molecule has 0 bridgehead atoms. The summed E-state index contributed by atoms with van der Waals surface area (Å²) in [6.07, 6.45) is 3.34. The van der Waals surface area contributed by atoms with Gasteiger partial charge in [0.1, 0.15) is 11.9 Å². The summed E-state index contributed by atoms with van der Waals surface area (Å²) in [5.41, 5.74) is 2.18. The molecular weight excluding hydrogens is 266 g/mol. The highest BCUT2D eigenvalue weighted by Crippen LogP contribution is 2.15. The standard InChI is InChI=1S/C16H21N3O2/c1-19-13-7-3-2-6-12(13)18-15(19)9-4-10-17-16(20)14-8-5-11-21-14/h2-3,6-7,14H,4-5,8-11H2,1H3,(H,17,20). The quantitative estimate of drug-likeness (QED) is 0.853. The number of benzene rings is 1. The lowest BCUT2D eigenvalue weighted by atomic mass is 10.2. The Labute approximate surface area is 124 Å². The van der Waals surface area contributed by atoms with E-state index in [1.54, 1.807) is 0 Å². The van der Waals surface area contributed by atoms with E-state index in [0.717, 1.165) is 42.5 Å². The second-order valence-corrected chi connectivity index (χ2v) is 5.47. The number of hydrogen-bond acceptors (Lipinski definition) is 3. The molecule has 1 N–H and O–H groups in total. The van der Waals surface area contributed by atoms with Crippen LogP contribution in [0.5, 0.6) is 0 Å². The fourth-order valence-electron chi connectivity index (χ4n) is 2.78. The van der Waals surface area contributed by atoms with Gasteiger partial charge in [0.05, 0.1) is 11.0 Å². The van der Waals surface area contributed by atoms with E-state index < -0.39 is 0 Å². The number of aromatic nitrogens is 2. The van der Waals surface area contributed by atoms with Crippen molar-refractivity contribution in [2.24, 2.45) is 7.05 Å². The van der Waals surface area contributed by atoms with Crippen LogP contribution in [0.3, 0.4) is 0 Å². The van der Waals surface area contributed by atoms with Gasteiger partial charge in [-0.3, -0.25) is 4.79 Å². The first-order chi connectivity index (χ1) is 10.3. The Hall–Kier alpha value is -1.88. The third-order valence-electron chi connectivity index (χ3n) is 3.98. The van der Waals surface area contributed by atoms with Crippen LogP contribution in [-0.4, -0.2) is 34.7 Å². The Morgan fingerprint density at radius 2 is 2.33 bits per heavy atom. The van der Waals surface area contributed by atoms with Crippen LogP contribution in [0.25, 0.3) is 11.0 Å². The van der Waals surface area contributed by atoms with Gasteiger partial charge in [-0.05, 0) is 31.4 Å². The van der Waals surface area contributed by atoms with E-state index in [0.29, 0.717) is 13.2 Å². The van der Waals surface area contributed by atoms with Gasteiger partial charge in [0.15, 0.2) is 0 Å². The van der Waals surface area contributed by atoms with Gasteiger partial charge in [-0.1, -0.05) is 12.1 Å². The highest BCUT2D eigenvalue weighted by atomic mass is 16.5. The summed E-state index contributed by atoms with van der Waals surface area (Å²) < 4.78 is 7.48. The number of fused-ring (bicyclic) bond motifs is 1. The summed E-state index contributed by atoms with van der Waals surface area (Å²) >= 11 is 0. The normalized spacial score (nSPS) is 18.2. The number of carbonyl (C=O) groups is 1. The van der Waals surface area contributed by atoms with E-state index in [1.807, 2.05) is 25.2 Å². The lowest BCUT2D eigenvalue weighted by Gasteiger charge is -2.10. The number of aryl methyl sites for hydroxylation is 2. The van der Waals surface area contributed by atoms with Crippen LogP contribution in [0.4, 0.5) is 0 Å². The van der Waals surface area contributed by atoms with Crippen molar-refractivity contribution in [1.29, 1.82) is 0 Å². The van der Waals surface area contributed by atoms with Gasteiger partial charge in [-0.2, -0.15) is 0 Å². The molecule has 1 amide bonds. The van der Waals surface area contributed by atoms with Crippen molar-refractivity contribution in [3.05, 3.63) is 30.1 Å². The van der Waals surface area contributed by atoms with Crippen molar-refractivity contribution < 1.29 is 9.53 Å². The molecule has 5 nitrogen and oxygen atoms in total. The van der Waals surface area contributed by atoms with Crippen LogP contribution >= 0.6 is 0 Å². The first-order valence-corrected chi connectivity index (χ1v) is 7.55. The smallest absolute Gasteiger partial charge is 0.249 e. The molecule has 2 heterocycles. The van der Waals surface area contributed by atoms with Crippen LogP contribution in [0, 0.1) is 0 Å². The van der Waals surface area contributed by atoms with Crippen molar-refractivity contribution in [1.82, 2.24) is 14.9 Å². The molecule has 0 aliphatic carbocycles. The van der Waals surface area contributed by atoms with E-state index in [4.69, 9.17) is 4.74 Å². The molecule has 1 unspecified atom stereocenters.